The molecule has 1 aliphatic carbocycles. The lowest BCUT2D eigenvalue weighted by Gasteiger charge is -2.27. The number of nitrogens with zero attached hydrogens (tertiary/aromatic N) is 1. The Morgan fingerprint density at radius 2 is 2.28 bits per heavy atom. The van der Waals surface area contributed by atoms with Crippen molar-refractivity contribution in [2.24, 2.45) is 10.7 Å². The van der Waals surface area contributed by atoms with Gasteiger partial charge >= 0.3 is 0 Å². The van der Waals surface area contributed by atoms with Crippen molar-refractivity contribution >= 4 is 16.8 Å². The standard InChI is InChI=1S/C14H17FN2S/c15-10-3-1-2-9(6-10)7-14-17-12-5-4-11(16)8-13(12)18-14/h1-3,6,11-13H,4-5,7-8,16H2. The summed E-state index contributed by atoms with van der Waals surface area (Å²) < 4.78 is 13.1. The maximum Gasteiger partial charge on any atom is 0.123 e. The first-order valence-corrected chi connectivity index (χ1v) is 7.32. The Kier molecular flexibility index (Phi) is 3.39. The van der Waals surface area contributed by atoms with E-state index in [-0.39, 0.29) is 5.82 Å². The topological polar surface area (TPSA) is 38.4 Å². The summed E-state index contributed by atoms with van der Waals surface area (Å²) in [5, 5.41) is 1.70. The van der Waals surface area contributed by atoms with Crippen LogP contribution >= 0.6 is 11.8 Å². The highest BCUT2D eigenvalue weighted by Crippen LogP contribution is 2.37. The molecule has 1 fully saturated rings. The molecule has 1 aliphatic heterocycles. The Bertz CT molecular complexity index is 475. The third kappa shape index (κ3) is 2.59. The molecule has 2 aliphatic rings. The molecule has 1 aromatic rings. The van der Waals surface area contributed by atoms with Gasteiger partial charge in [0.25, 0.3) is 0 Å². The fourth-order valence-corrected chi connectivity index (χ4v) is 4.21. The zero-order valence-electron chi connectivity index (χ0n) is 10.2. The van der Waals surface area contributed by atoms with Gasteiger partial charge in [-0.2, -0.15) is 0 Å². The van der Waals surface area contributed by atoms with Crippen molar-refractivity contribution in [2.45, 2.75) is 43.0 Å². The quantitative estimate of drug-likeness (QED) is 0.892. The van der Waals surface area contributed by atoms with Crippen molar-refractivity contribution in [1.29, 1.82) is 0 Å². The summed E-state index contributed by atoms with van der Waals surface area (Å²) in [6.07, 6.45) is 4.00. The number of thioether (sulfide) groups is 1. The largest absolute Gasteiger partial charge is 0.328 e. The highest BCUT2D eigenvalue weighted by atomic mass is 32.2. The van der Waals surface area contributed by atoms with Gasteiger partial charge < -0.3 is 5.73 Å². The molecule has 1 aromatic carbocycles. The van der Waals surface area contributed by atoms with E-state index < -0.39 is 0 Å². The van der Waals surface area contributed by atoms with Crippen molar-refractivity contribution in [3.8, 4) is 0 Å². The number of hydrogen-bond acceptors (Lipinski definition) is 3. The lowest BCUT2D eigenvalue weighted by Crippen LogP contribution is -2.35. The SMILES string of the molecule is NC1CCC2N=C(Cc3cccc(F)c3)SC2C1. The molecule has 3 atom stereocenters. The molecule has 0 aromatic heterocycles. The van der Waals surface area contributed by atoms with Gasteiger partial charge in [-0.15, -0.1) is 11.8 Å². The molecule has 0 saturated heterocycles. The molecule has 18 heavy (non-hydrogen) atoms. The summed E-state index contributed by atoms with van der Waals surface area (Å²) in [5.41, 5.74) is 7.00. The van der Waals surface area contributed by atoms with E-state index in [1.807, 2.05) is 17.8 Å². The summed E-state index contributed by atoms with van der Waals surface area (Å²) in [6.45, 7) is 0. The van der Waals surface area contributed by atoms with Crippen LogP contribution in [0.4, 0.5) is 4.39 Å². The lowest BCUT2D eigenvalue weighted by molar-refractivity contribution is 0.411. The molecule has 3 unspecified atom stereocenters. The van der Waals surface area contributed by atoms with Crippen molar-refractivity contribution in [1.82, 2.24) is 0 Å². The van der Waals surface area contributed by atoms with Crippen LogP contribution in [-0.4, -0.2) is 22.4 Å². The second-order valence-corrected chi connectivity index (χ2v) is 6.44. The summed E-state index contributed by atoms with van der Waals surface area (Å²) in [7, 11) is 0. The Balaban J connectivity index is 1.68. The van der Waals surface area contributed by atoms with Crippen LogP contribution < -0.4 is 5.73 Å². The molecule has 2 N–H and O–H groups in total. The number of nitrogens with two attached hydrogens (primary N) is 1. The second kappa shape index (κ2) is 5.02. The lowest BCUT2D eigenvalue weighted by atomic mass is 9.92. The van der Waals surface area contributed by atoms with Gasteiger partial charge in [-0.25, -0.2) is 4.39 Å². The monoisotopic (exact) mass is 264 g/mol. The van der Waals surface area contributed by atoms with E-state index in [0.29, 0.717) is 17.3 Å². The van der Waals surface area contributed by atoms with E-state index in [0.717, 1.165) is 36.3 Å². The minimum atomic E-state index is -0.171. The minimum Gasteiger partial charge on any atom is -0.328 e. The van der Waals surface area contributed by atoms with Crippen LogP contribution in [0.5, 0.6) is 0 Å². The fourth-order valence-electron chi connectivity index (χ4n) is 2.72. The normalized spacial score (nSPS) is 31.0. The molecule has 2 nitrogen and oxygen atoms in total. The van der Waals surface area contributed by atoms with E-state index in [9.17, 15) is 4.39 Å². The number of rotatable bonds is 2. The second-order valence-electron chi connectivity index (χ2n) is 5.13. The Morgan fingerprint density at radius 1 is 1.39 bits per heavy atom. The first-order valence-electron chi connectivity index (χ1n) is 6.44. The van der Waals surface area contributed by atoms with E-state index in [2.05, 4.69) is 0 Å². The van der Waals surface area contributed by atoms with Crippen LogP contribution in [0.25, 0.3) is 0 Å². The van der Waals surface area contributed by atoms with Gasteiger partial charge in [0.15, 0.2) is 0 Å². The molecule has 1 saturated carbocycles. The van der Waals surface area contributed by atoms with Gasteiger partial charge in [0.05, 0.1) is 11.1 Å². The van der Waals surface area contributed by atoms with Crippen LogP contribution in [0.1, 0.15) is 24.8 Å². The number of aliphatic imine (C=N–C) groups is 1. The molecular weight excluding hydrogens is 247 g/mol. The highest BCUT2D eigenvalue weighted by Gasteiger charge is 2.34. The van der Waals surface area contributed by atoms with Crippen LogP contribution in [0.15, 0.2) is 29.3 Å². The smallest absolute Gasteiger partial charge is 0.123 e. The average Bonchev–Trinajstić information content (AvgIpc) is 2.70. The summed E-state index contributed by atoms with van der Waals surface area (Å²) in [5.74, 6) is -0.171. The molecule has 0 radical (unpaired) electrons. The van der Waals surface area contributed by atoms with Gasteiger partial charge in [-0.1, -0.05) is 12.1 Å². The number of halogens is 1. The number of fused-ring (bicyclic) bond motifs is 1. The molecule has 3 rings (SSSR count). The molecule has 0 bridgehead atoms. The van der Waals surface area contributed by atoms with Gasteiger partial charge in [-0.05, 0) is 37.0 Å². The van der Waals surface area contributed by atoms with Crippen LogP contribution in [0.3, 0.4) is 0 Å². The number of hydrogen-bond donors (Lipinski definition) is 1. The Morgan fingerprint density at radius 3 is 3.11 bits per heavy atom. The predicted molar refractivity (Wildman–Crippen MR) is 74.5 cm³/mol. The first kappa shape index (κ1) is 12.2. The zero-order valence-corrected chi connectivity index (χ0v) is 11.0. The third-order valence-electron chi connectivity index (χ3n) is 3.64. The van der Waals surface area contributed by atoms with Gasteiger partial charge in [0.1, 0.15) is 5.82 Å². The Hall–Kier alpha value is -0.870. The summed E-state index contributed by atoms with van der Waals surface area (Å²) >= 11 is 1.85. The van der Waals surface area contributed by atoms with Crippen molar-refractivity contribution in [3.05, 3.63) is 35.6 Å². The Labute approximate surface area is 111 Å². The van der Waals surface area contributed by atoms with E-state index in [1.54, 1.807) is 12.1 Å². The number of benzene rings is 1. The third-order valence-corrected chi connectivity index (χ3v) is 4.97. The van der Waals surface area contributed by atoms with E-state index in [1.165, 1.54) is 6.07 Å². The molecule has 1 heterocycles. The molecule has 0 amide bonds. The van der Waals surface area contributed by atoms with Crippen LogP contribution in [0.2, 0.25) is 0 Å². The maximum atomic E-state index is 13.1. The summed E-state index contributed by atoms with van der Waals surface area (Å²) in [6, 6.07) is 7.57. The van der Waals surface area contributed by atoms with Gasteiger partial charge in [0, 0.05) is 17.7 Å². The molecule has 4 heteroatoms. The van der Waals surface area contributed by atoms with Gasteiger partial charge in [0.2, 0.25) is 0 Å². The molecular formula is C14H17FN2S. The average molecular weight is 264 g/mol. The maximum absolute atomic E-state index is 13.1. The van der Waals surface area contributed by atoms with Crippen LogP contribution in [-0.2, 0) is 6.42 Å². The highest BCUT2D eigenvalue weighted by molar-refractivity contribution is 8.14. The van der Waals surface area contributed by atoms with Crippen molar-refractivity contribution < 1.29 is 4.39 Å². The van der Waals surface area contributed by atoms with Crippen molar-refractivity contribution in [2.75, 3.05) is 0 Å². The van der Waals surface area contributed by atoms with Crippen LogP contribution in [0, 0.1) is 5.82 Å². The minimum absolute atomic E-state index is 0.171. The van der Waals surface area contributed by atoms with E-state index >= 15 is 0 Å². The van der Waals surface area contributed by atoms with Crippen molar-refractivity contribution in [3.63, 3.8) is 0 Å². The zero-order chi connectivity index (χ0) is 12.5. The fraction of sp³-hybridized carbons (Fsp3) is 0.500. The van der Waals surface area contributed by atoms with Gasteiger partial charge in [-0.3, -0.25) is 4.99 Å². The predicted octanol–water partition coefficient (Wildman–Crippen LogP) is 2.76. The molecule has 0 spiro atoms. The first-order chi connectivity index (χ1) is 8.70. The summed E-state index contributed by atoms with van der Waals surface area (Å²) in [4.78, 5) is 4.77. The van der Waals surface area contributed by atoms with E-state index in [4.69, 9.17) is 10.7 Å². The molecule has 96 valence electrons.